The van der Waals surface area contributed by atoms with Crippen LogP contribution in [-0.4, -0.2) is 41.1 Å². The molecule has 4 heteroatoms. The lowest BCUT2D eigenvalue weighted by Crippen LogP contribution is -2.42. The van der Waals surface area contributed by atoms with E-state index in [1.165, 1.54) is 0 Å². The highest BCUT2D eigenvalue weighted by Gasteiger charge is 2.30. The lowest BCUT2D eigenvalue weighted by molar-refractivity contribution is -0.131. The van der Waals surface area contributed by atoms with Crippen LogP contribution in [0.1, 0.15) is 26.7 Å². The topological polar surface area (TPSA) is 66.6 Å². The van der Waals surface area contributed by atoms with Gasteiger partial charge in [0.25, 0.3) is 0 Å². The Morgan fingerprint density at radius 2 is 2.36 bits per heavy atom. The normalized spacial score (nSPS) is 26.3. The van der Waals surface area contributed by atoms with Crippen LogP contribution in [0.15, 0.2) is 0 Å². The second-order valence-electron chi connectivity index (χ2n) is 4.09. The Balaban J connectivity index is 2.45. The van der Waals surface area contributed by atoms with Crippen LogP contribution in [0.4, 0.5) is 0 Å². The number of carbonyl (C=O) groups excluding carboxylic acids is 1. The van der Waals surface area contributed by atoms with Gasteiger partial charge in [-0.2, -0.15) is 0 Å². The van der Waals surface area contributed by atoms with Gasteiger partial charge in [0.15, 0.2) is 0 Å². The van der Waals surface area contributed by atoms with Crippen molar-refractivity contribution < 1.29 is 9.90 Å². The van der Waals surface area contributed by atoms with Crippen LogP contribution < -0.4 is 5.73 Å². The van der Waals surface area contributed by atoms with E-state index in [0.717, 1.165) is 13.0 Å². The predicted molar refractivity (Wildman–Crippen MR) is 54.6 cm³/mol. The molecule has 1 heterocycles. The fourth-order valence-electron chi connectivity index (χ4n) is 1.79. The number of carbonyl (C=O) groups is 1. The van der Waals surface area contributed by atoms with Crippen molar-refractivity contribution in [3.05, 3.63) is 0 Å². The van der Waals surface area contributed by atoms with Crippen molar-refractivity contribution in [2.45, 2.75) is 38.8 Å². The summed E-state index contributed by atoms with van der Waals surface area (Å²) >= 11 is 0. The maximum Gasteiger partial charge on any atom is 0.239 e. The standard InChI is InChI=1S/C10H20N2O2/c1-3-9(11)10(14)12-5-4-8(6-12)7(2)13/h7-9,13H,3-6,11H2,1-2H3/t7?,8?,9-/m0/s1. The maximum absolute atomic E-state index is 11.7. The number of nitrogens with zero attached hydrogens (tertiary/aromatic N) is 1. The predicted octanol–water partition coefficient (Wildman–Crippen LogP) is -0.0470. The second kappa shape index (κ2) is 4.75. The van der Waals surface area contributed by atoms with Gasteiger partial charge in [0.1, 0.15) is 0 Å². The van der Waals surface area contributed by atoms with Gasteiger partial charge >= 0.3 is 0 Å². The number of aliphatic hydroxyl groups excluding tert-OH is 1. The molecule has 1 amide bonds. The van der Waals surface area contributed by atoms with E-state index in [0.29, 0.717) is 13.0 Å². The molecule has 3 N–H and O–H groups in total. The number of rotatable bonds is 3. The second-order valence-corrected chi connectivity index (χ2v) is 4.09. The third kappa shape index (κ3) is 2.45. The fourth-order valence-corrected chi connectivity index (χ4v) is 1.79. The van der Waals surface area contributed by atoms with E-state index in [1.807, 2.05) is 6.92 Å². The Labute approximate surface area is 85.1 Å². The van der Waals surface area contributed by atoms with Crippen molar-refractivity contribution in [2.24, 2.45) is 11.7 Å². The summed E-state index contributed by atoms with van der Waals surface area (Å²) in [6.07, 6.45) is 1.24. The molecule has 0 radical (unpaired) electrons. The average Bonchev–Trinajstić information content (AvgIpc) is 2.64. The van der Waals surface area contributed by atoms with Gasteiger partial charge in [-0.25, -0.2) is 0 Å². The minimum absolute atomic E-state index is 0.0238. The highest BCUT2D eigenvalue weighted by atomic mass is 16.3. The first-order chi connectivity index (χ1) is 6.56. The van der Waals surface area contributed by atoms with Crippen LogP contribution in [-0.2, 0) is 4.79 Å². The molecule has 0 aliphatic carbocycles. The summed E-state index contributed by atoms with van der Waals surface area (Å²) in [6.45, 7) is 5.08. The van der Waals surface area contributed by atoms with Crippen molar-refractivity contribution in [3.8, 4) is 0 Å². The third-order valence-corrected chi connectivity index (χ3v) is 2.98. The molecular weight excluding hydrogens is 180 g/mol. The molecule has 0 aromatic rings. The molecule has 1 saturated heterocycles. The van der Waals surface area contributed by atoms with Crippen LogP contribution in [0.2, 0.25) is 0 Å². The molecule has 1 aliphatic rings. The lowest BCUT2D eigenvalue weighted by atomic mass is 10.0. The van der Waals surface area contributed by atoms with Gasteiger partial charge in [-0.1, -0.05) is 6.92 Å². The lowest BCUT2D eigenvalue weighted by Gasteiger charge is -2.20. The fraction of sp³-hybridized carbons (Fsp3) is 0.900. The van der Waals surface area contributed by atoms with Gasteiger partial charge in [0.05, 0.1) is 12.1 Å². The monoisotopic (exact) mass is 200 g/mol. The van der Waals surface area contributed by atoms with Crippen LogP contribution in [0, 0.1) is 5.92 Å². The van der Waals surface area contributed by atoms with Gasteiger partial charge in [0, 0.05) is 19.0 Å². The van der Waals surface area contributed by atoms with Crippen molar-refractivity contribution in [1.82, 2.24) is 4.90 Å². The quantitative estimate of drug-likeness (QED) is 0.671. The molecule has 1 aliphatic heterocycles. The van der Waals surface area contributed by atoms with Crippen LogP contribution in [0.3, 0.4) is 0 Å². The summed E-state index contributed by atoms with van der Waals surface area (Å²) in [7, 11) is 0. The zero-order valence-electron chi connectivity index (χ0n) is 8.94. The SMILES string of the molecule is CC[C@H](N)C(=O)N1CCC(C(C)O)C1. The van der Waals surface area contributed by atoms with Crippen molar-refractivity contribution >= 4 is 5.91 Å². The highest BCUT2D eigenvalue weighted by Crippen LogP contribution is 2.20. The number of hydrogen-bond donors (Lipinski definition) is 2. The molecule has 1 rings (SSSR count). The van der Waals surface area contributed by atoms with E-state index in [1.54, 1.807) is 11.8 Å². The minimum atomic E-state index is -0.372. The summed E-state index contributed by atoms with van der Waals surface area (Å²) in [5.74, 6) is 0.249. The zero-order chi connectivity index (χ0) is 10.7. The number of likely N-dealkylation sites (tertiary alicyclic amines) is 1. The number of hydrogen-bond acceptors (Lipinski definition) is 3. The molecule has 2 unspecified atom stereocenters. The zero-order valence-corrected chi connectivity index (χ0v) is 8.94. The maximum atomic E-state index is 11.7. The summed E-state index contributed by atoms with van der Waals surface area (Å²) in [5.41, 5.74) is 5.66. The van der Waals surface area contributed by atoms with Gasteiger partial charge < -0.3 is 15.7 Å². The molecule has 4 nitrogen and oxygen atoms in total. The van der Waals surface area contributed by atoms with Gasteiger partial charge in [-0.15, -0.1) is 0 Å². The van der Waals surface area contributed by atoms with Crippen molar-refractivity contribution in [2.75, 3.05) is 13.1 Å². The molecule has 82 valence electrons. The van der Waals surface area contributed by atoms with Crippen LogP contribution in [0.5, 0.6) is 0 Å². The molecule has 0 aromatic heterocycles. The summed E-state index contributed by atoms with van der Waals surface area (Å²) < 4.78 is 0. The Hall–Kier alpha value is -0.610. The Morgan fingerprint density at radius 3 is 2.79 bits per heavy atom. The smallest absolute Gasteiger partial charge is 0.239 e. The average molecular weight is 200 g/mol. The van der Waals surface area contributed by atoms with Gasteiger partial charge in [-0.3, -0.25) is 4.79 Å². The first kappa shape index (κ1) is 11.5. The first-order valence-electron chi connectivity index (χ1n) is 5.28. The van der Waals surface area contributed by atoms with E-state index in [9.17, 15) is 9.90 Å². The van der Waals surface area contributed by atoms with E-state index < -0.39 is 0 Å². The molecule has 0 aromatic carbocycles. The largest absolute Gasteiger partial charge is 0.393 e. The van der Waals surface area contributed by atoms with E-state index in [4.69, 9.17) is 5.73 Å². The number of aliphatic hydroxyl groups is 1. The molecular formula is C10H20N2O2. The van der Waals surface area contributed by atoms with Crippen LogP contribution >= 0.6 is 0 Å². The summed E-state index contributed by atoms with van der Waals surface area (Å²) in [4.78, 5) is 13.4. The number of amides is 1. The van der Waals surface area contributed by atoms with E-state index in [-0.39, 0.29) is 24.0 Å². The molecule has 1 fully saturated rings. The minimum Gasteiger partial charge on any atom is -0.393 e. The van der Waals surface area contributed by atoms with E-state index in [2.05, 4.69) is 0 Å². The Morgan fingerprint density at radius 1 is 1.71 bits per heavy atom. The first-order valence-corrected chi connectivity index (χ1v) is 5.28. The summed E-state index contributed by atoms with van der Waals surface area (Å²) in [6, 6.07) is -0.372. The number of nitrogens with two attached hydrogens (primary N) is 1. The molecule has 14 heavy (non-hydrogen) atoms. The molecule has 0 saturated carbocycles. The molecule has 3 atom stereocenters. The van der Waals surface area contributed by atoms with Crippen molar-refractivity contribution in [1.29, 1.82) is 0 Å². The highest BCUT2D eigenvalue weighted by molar-refractivity contribution is 5.81. The van der Waals surface area contributed by atoms with Crippen molar-refractivity contribution in [3.63, 3.8) is 0 Å². The molecule has 0 bridgehead atoms. The summed E-state index contributed by atoms with van der Waals surface area (Å²) in [5, 5.41) is 9.38. The van der Waals surface area contributed by atoms with Gasteiger partial charge in [0.2, 0.25) is 5.91 Å². The third-order valence-electron chi connectivity index (χ3n) is 2.98. The Kier molecular flexibility index (Phi) is 3.89. The van der Waals surface area contributed by atoms with E-state index >= 15 is 0 Å². The Bertz CT molecular complexity index is 206. The van der Waals surface area contributed by atoms with Crippen LogP contribution in [0.25, 0.3) is 0 Å². The van der Waals surface area contributed by atoms with Gasteiger partial charge in [-0.05, 0) is 19.8 Å². The molecule has 0 spiro atoms.